The van der Waals surface area contributed by atoms with Crippen molar-refractivity contribution >= 4 is 17.7 Å². The Morgan fingerprint density at radius 2 is 1.81 bits per heavy atom. The summed E-state index contributed by atoms with van der Waals surface area (Å²) in [7, 11) is 0. The third-order valence-electron chi connectivity index (χ3n) is 5.17. The van der Waals surface area contributed by atoms with Crippen LogP contribution < -0.4 is 10.6 Å². The lowest BCUT2D eigenvalue weighted by atomic mass is 10.1. The van der Waals surface area contributed by atoms with Gasteiger partial charge in [0.2, 0.25) is 11.1 Å². The number of hydrogen-bond acceptors (Lipinski definition) is 7. The molecular formula is C23H27N5O3S. The van der Waals surface area contributed by atoms with Crippen molar-refractivity contribution in [3.63, 3.8) is 0 Å². The monoisotopic (exact) mass is 453 g/mol. The van der Waals surface area contributed by atoms with Crippen LogP contribution in [0.4, 0.5) is 0 Å². The van der Waals surface area contributed by atoms with Crippen molar-refractivity contribution in [3.8, 4) is 5.75 Å². The van der Waals surface area contributed by atoms with Gasteiger partial charge in [0.15, 0.2) is 5.82 Å². The molecule has 32 heavy (non-hydrogen) atoms. The lowest BCUT2D eigenvalue weighted by Gasteiger charge is -2.30. The molecular weight excluding hydrogens is 426 g/mol. The molecule has 1 aromatic heterocycles. The van der Waals surface area contributed by atoms with Gasteiger partial charge < -0.3 is 20.2 Å². The fraction of sp³-hybridized carbons (Fsp3) is 0.348. The van der Waals surface area contributed by atoms with Crippen molar-refractivity contribution in [2.45, 2.75) is 30.9 Å². The number of carbonyl (C=O) groups is 1. The van der Waals surface area contributed by atoms with E-state index in [2.05, 4.69) is 16.3 Å². The first-order chi connectivity index (χ1) is 15.5. The lowest BCUT2D eigenvalue weighted by molar-refractivity contribution is -0.134. The van der Waals surface area contributed by atoms with Gasteiger partial charge in [-0.1, -0.05) is 48.2 Å². The minimum absolute atomic E-state index is 0.0144. The summed E-state index contributed by atoms with van der Waals surface area (Å²) in [5.41, 5.74) is 3.14. The minimum Gasteiger partial charge on any atom is -0.486 e. The zero-order chi connectivity index (χ0) is 22.5. The van der Waals surface area contributed by atoms with Crippen LogP contribution in [0.2, 0.25) is 0 Å². The highest BCUT2D eigenvalue weighted by Gasteiger charge is 2.30. The smallest absolute Gasteiger partial charge is 0.240 e. The van der Waals surface area contributed by atoms with Crippen molar-refractivity contribution in [2.24, 2.45) is 0 Å². The molecule has 0 radical (unpaired) electrons. The molecule has 1 atom stereocenters. The average Bonchev–Trinajstić information content (AvgIpc) is 3.15. The third kappa shape index (κ3) is 5.23. The molecule has 0 bridgehead atoms. The first-order valence-corrected chi connectivity index (χ1v) is 11.4. The fourth-order valence-corrected chi connectivity index (χ4v) is 4.65. The number of aryl methyl sites for hydroxylation is 2. The van der Waals surface area contributed by atoms with Crippen LogP contribution in [-0.4, -0.2) is 52.0 Å². The molecule has 8 nitrogen and oxygen atoms in total. The summed E-state index contributed by atoms with van der Waals surface area (Å²) in [6, 6.07) is 15.7. The highest BCUT2D eigenvalue weighted by molar-refractivity contribution is 8.00. The molecule has 2 heterocycles. The van der Waals surface area contributed by atoms with Crippen molar-refractivity contribution in [2.75, 3.05) is 32.1 Å². The lowest BCUT2D eigenvalue weighted by Crippen LogP contribution is -2.42. The number of benzene rings is 2. The number of amides is 1. The number of thioether (sulfide) groups is 1. The second-order valence-electron chi connectivity index (χ2n) is 7.73. The van der Waals surface area contributed by atoms with E-state index < -0.39 is 5.25 Å². The molecule has 0 spiro atoms. The molecule has 1 saturated heterocycles. The molecule has 1 fully saturated rings. The Bertz CT molecular complexity index is 1050. The predicted octanol–water partition coefficient (Wildman–Crippen LogP) is 2.88. The van der Waals surface area contributed by atoms with Crippen LogP contribution in [0.25, 0.3) is 0 Å². The Hall–Kier alpha value is -3.04. The third-order valence-corrected chi connectivity index (χ3v) is 6.37. The molecule has 2 aromatic carbocycles. The van der Waals surface area contributed by atoms with Gasteiger partial charge in [-0.15, -0.1) is 10.2 Å². The van der Waals surface area contributed by atoms with Crippen LogP contribution >= 0.6 is 11.8 Å². The van der Waals surface area contributed by atoms with Crippen molar-refractivity contribution in [1.82, 2.24) is 19.8 Å². The van der Waals surface area contributed by atoms with E-state index in [1.807, 2.05) is 61.2 Å². The van der Waals surface area contributed by atoms with Crippen LogP contribution in [0.5, 0.6) is 5.75 Å². The molecule has 3 aromatic rings. The molecule has 1 unspecified atom stereocenters. The minimum atomic E-state index is -0.478. The van der Waals surface area contributed by atoms with Gasteiger partial charge in [-0.25, -0.2) is 4.68 Å². The van der Waals surface area contributed by atoms with E-state index in [-0.39, 0.29) is 12.5 Å². The van der Waals surface area contributed by atoms with Gasteiger partial charge in [0.1, 0.15) is 17.6 Å². The van der Waals surface area contributed by atoms with Gasteiger partial charge in [-0.2, -0.15) is 0 Å². The molecule has 1 aliphatic rings. The van der Waals surface area contributed by atoms with E-state index in [1.54, 1.807) is 0 Å². The molecule has 2 N–H and O–H groups in total. The Morgan fingerprint density at radius 3 is 2.50 bits per heavy atom. The number of nitrogen functional groups attached to an aromatic ring is 1. The second kappa shape index (κ2) is 10.1. The van der Waals surface area contributed by atoms with Crippen LogP contribution in [0, 0.1) is 13.8 Å². The molecule has 4 rings (SSSR count). The molecule has 1 amide bonds. The van der Waals surface area contributed by atoms with Gasteiger partial charge in [0.25, 0.3) is 0 Å². The van der Waals surface area contributed by atoms with Crippen LogP contribution in [-0.2, 0) is 16.1 Å². The highest BCUT2D eigenvalue weighted by Crippen LogP contribution is 2.36. The van der Waals surface area contributed by atoms with Crippen molar-refractivity contribution in [1.29, 1.82) is 0 Å². The van der Waals surface area contributed by atoms with E-state index in [0.29, 0.717) is 37.3 Å². The number of nitrogens with zero attached hydrogens (tertiary/aromatic N) is 4. The number of hydrogen-bond donors (Lipinski definition) is 1. The zero-order valence-electron chi connectivity index (χ0n) is 18.2. The van der Waals surface area contributed by atoms with E-state index in [0.717, 1.165) is 22.4 Å². The Labute approximate surface area is 191 Å². The zero-order valence-corrected chi connectivity index (χ0v) is 19.0. The SMILES string of the molecule is Cc1cc(C)cc(OCc2nnc(SC(C(=O)N3CCOCC3)c3ccccc3)n2N)c1. The maximum absolute atomic E-state index is 13.3. The molecule has 0 saturated carbocycles. The summed E-state index contributed by atoms with van der Waals surface area (Å²) in [4.78, 5) is 15.2. The molecule has 168 valence electrons. The van der Waals surface area contributed by atoms with Gasteiger partial charge in [0, 0.05) is 13.1 Å². The fourth-order valence-electron chi connectivity index (χ4n) is 3.59. The first kappa shape index (κ1) is 22.2. The summed E-state index contributed by atoms with van der Waals surface area (Å²) in [6.07, 6.45) is 0. The van der Waals surface area contributed by atoms with E-state index in [4.69, 9.17) is 15.3 Å². The second-order valence-corrected chi connectivity index (χ2v) is 8.80. The van der Waals surface area contributed by atoms with Gasteiger partial charge >= 0.3 is 0 Å². The molecule has 0 aliphatic carbocycles. The van der Waals surface area contributed by atoms with Crippen LogP contribution in [0.15, 0.2) is 53.7 Å². The maximum atomic E-state index is 13.3. The summed E-state index contributed by atoms with van der Waals surface area (Å²) in [5, 5.41) is 8.40. The average molecular weight is 454 g/mol. The summed E-state index contributed by atoms with van der Waals surface area (Å²) in [5.74, 6) is 7.53. The quantitative estimate of drug-likeness (QED) is 0.434. The highest BCUT2D eigenvalue weighted by atomic mass is 32.2. The van der Waals surface area contributed by atoms with Crippen molar-refractivity contribution in [3.05, 3.63) is 71.0 Å². The summed E-state index contributed by atoms with van der Waals surface area (Å²) >= 11 is 1.29. The standard InChI is InChI=1S/C23H27N5O3S/c1-16-12-17(2)14-19(13-16)31-15-20-25-26-23(28(20)24)32-21(18-6-4-3-5-7-18)22(29)27-8-10-30-11-9-27/h3-7,12-14,21H,8-11,15,24H2,1-2H3. The molecule has 1 aliphatic heterocycles. The number of aromatic nitrogens is 3. The number of morpholine rings is 1. The predicted molar refractivity (Wildman–Crippen MR) is 123 cm³/mol. The van der Waals surface area contributed by atoms with E-state index in [9.17, 15) is 4.79 Å². The van der Waals surface area contributed by atoms with Crippen LogP contribution in [0.1, 0.15) is 27.8 Å². The van der Waals surface area contributed by atoms with Crippen LogP contribution in [0.3, 0.4) is 0 Å². The Morgan fingerprint density at radius 1 is 1.12 bits per heavy atom. The van der Waals surface area contributed by atoms with Crippen molar-refractivity contribution < 1.29 is 14.3 Å². The number of ether oxygens (including phenoxy) is 2. The number of carbonyl (C=O) groups excluding carboxylic acids is 1. The van der Waals surface area contributed by atoms with Gasteiger partial charge in [0.05, 0.1) is 13.2 Å². The van der Waals surface area contributed by atoms with Gasteiger partial charge in [-0.05, 0) is 42.7 Å². The molecule has 9 heteroatoms. The van der Waals surface area contributed by atoms with E-state index >= 15 is 0 Å². The first-order valence-electron chi connectivity index (χ1n) is 10.5. The van der Waals surface area contributed by atoms with E-state index in [1.165, 1.54) is 16.4 Å². The Kier molecular flexibility index (Phi) is 6.96. The topological polar surface area (TPSA) is 95.5 Å². The summed E-state index contributed by atoms with van der Waals surface area (Å²) in [6.45, 7) is 6.47. The summed E-state index contributed by atoms with van der Waals surface area (Å²) < 4.78 is 12.7. The largest absolute Gasteiger partial charge is 0.486 e. The normalized spacial score (nSPS) is 14.9. The van der Waals surface area contributed by atoms with Gasteiger partial charge in [-0.3, -0.25) is 4.79 Å². The Balaban J connectivity index is 1.51. The maximum Gasteiger partial charge on any atom is 0.240 e. The number of nitrogens with two attached hydrogens (primary N) is 1. The number of rotatable bonds is 7.